The van der Waals surface area contributed by atoms with Gasteiger partial charge in [0.1, 0.15) is 5.69 Å². The summed E-state index contributed by atoms with van der Waals surface area (Å²) in [5.74, 6) is -8.27. The highest BCUT2D eigenvalue weighted by Gasteiger charge is 2.34. The second-order valence-corrected chi connectivity index (χ2v) is 9.66. The summed E-state index contributed by atoms with van der Waals surface area (Å²) < 4.78 is 41.9. The molecule has 2 amide bonds. The second kappa shape index (κ2) is 12.9. The van der Waals surface area contributed by atoms with Gasteiger partial charge < -0.3 is 20.3 Å². The number of benzene rings is 1. The number of hydrogen-bond acceptors (Lipinski definition) is 4. The van der Waals surface area contributed by atoms with Gasteiger partial charge in [0.05, 0.1) is 10.6 Å². The first-order chi connectivity index (χ1) is 18.0. The monoisotopic (exact) mass is 555 g/mol. The molecular weight excluding hydrogens is 527 g/mol. The summed E-state index contributed by atoms with van der Waals surface area (Å²) >= 11 is 6.39. The highest BCUT2D eigenvalue weighted by molar-refractivity contribution is 6.48. The molecule has 3 rings (SSSR count). The fourth-order valence-electron chi connectivity index (χ4n) is 4.69. The molecule has 1 atom stereocenters. The van der Waals surface area contributed by atoms with Crippen molar-refractivity contribution in [2.24, 2.45) is 5.92 Å². The van der Waals surface area contributed by atoms with Crippen LogP contribution in [-0.2, 0) is 22.6 Å². The van der Waals surface area contributed by atoms with E-state index in [4.69, 9.17) is 16.7 Å². The summed E-state index contributed by atoms with van der Waals surface area (Å²) in [6, 6.07) is 1.23. The van der Waals surface area contributed by atoms with E-state index in [1.54, 1.807) is 0 Å². The number of carbonyl (C=O) groups excluding carboxylic acids is 3. The number of nitrogens with zero attached hydrogens (tertiary/aromatic N) is 1. The molecule has 1 aromatic carbocycles. The Labute approximate surface area is 222 Å². The van der Waals surface area contributed by atoms with Crippen molar-refractivity contribution in [2.75, 3.05) is 11.9 Å². The van der Waals surface area contributed by atoms with Crippen molar-refractivity contribution >= 4 is 40.9 Å². The molecule has 0 aliphatic carbocycles. The topological polar surface area (TPSA) is 117 Å². The summed E-state index contributed by atoms with van der Waals surface area (Å²) in [7, 11) is 0. The van der Waals surface area contributed by atoms with Crippen LogP contribution in [-0.4, -0.2) is 39.8 Å². The van der Waals surface area contributed by atoms with Gasteiger partial charge in [-0.25, -0.2) is 13.2 Å². The fraction of sp³-hybridized carbons (Fsp3) is 0.462. The molecule has 1 aliphatic heterocycles. The summed E-state index contributed by atoms with van der Waals surface area (Å²) in [5.41, 5.74) is -0.201. The van der Waals surface area contributed by atoms with Gasteiger partial charge in [-0.2, -0.15) is 0 Å². The minimum atomic E-state index is -1.68. The van der Waals surface area contributed by atoms with E-state index in [0.717, 1.165) is 19.3 Å². The van der Waals surface area contributed by atoms with E-state index in [-0.39, 0.29) is 40.9 Å². The third-order valence-electron chi connectivity index (χ3n) is 6.50. The lowest BCUT2D eigenvalue weighted by molar-refractivity contribution is -0.138. The van der Waals surface area contributed by atoms with Gasteiger partial charge in [0, 0.05) is 43.0 Å². The van der Waals surface area contributed by atoms with E-state index < -0.39 is 41.0 Å². The van der Waals surface area contributed by atoms with Crippen molar-refractivity contribution in [3.63, 3.8) is 0 Å². The van der Waals surface area contributed by atoms with E-state index in [1.807, 2.05) is 6.92 Å². The molecule has 3 N–H and O–H groups in total. The number of rotatable bonds is 13. The molecule has 1 aromatic heterocycles. The lowest BCUT2D eigenvalue weighted by Gasteiger charge is -2.14. The Hall–Kier alpha value is -3.34. The maximum atomic E-state index is 13.6. The Morgan fingerprint density at radius 3 is 2.39 bits per heavy atom. The van der Waals surface area contributed by atoms with E-state index >= 15 is 0 Å². The standard InChI is InChI=1S/C26H29ClF3N3O5/c1-2-3-6-14(11-19(34)35)7-4-9-31-26(38)24(36)23-21(27)20(18-8-5-10-33(18)23)25(37)32-15-12-16(28)22(30)17(29)13-15/h12-14H,2-11H2,1H3,(H,31,38)(H,32,37)(H,34,35)/t14-/m0/s1. The predicted molar refractivity (Wildman–Crippen MR) is 134 cm³/mol. The Balaban J connectivity index is 1.69. The van der Waals surface area contributed by atoms with Gasteiger partial charge in [-0.15, -0.1) is 0 Å². The predicted octanol–water partition coefficient (Wildman–Crippen LogP) is 5.12. The molecule has 12 heteroatoms. The van der Waals surface area contributed by atoms with Gasteiger partial charge in [-0.05, 0) is 38.0 Å². The summed E-state index contributed by atoms with van der Waals surface area (Å²) in [6.07, 6.45) is 4.69. The van der Waals surface area contributed by atoms with Gasteiger partial charge in [0.2, 0.25) is 0 Å². The molecular formula is C26H29ClF3N3O5. The molecule has 8 nitrogen and oxygen atoms in total. The SMILES string of the molecule is CCCC[C@@H](CCCNC(=O)C(=O)c1c(Cl)c(C(=O)Nc2cc(F)c(F)c(F)c2)c2n1CCC2)CC(=O)O. The van der Waals surface area contributed by atoms with Crippen LogP contribution in [0.25, 0.3) is 0 Å². The van der Waals surface area contributed by atoms with Gasteiger partial charge in [-0.1, -0.05) is 31.4 Å². The van der Waals surface area contributed by atoms with Crippen molar-refractivity contribution in [1.29, 1.82) is 0 Å². The van der Waals surface area contributed by atoms with Crippen molar-refractivity contribution < 1.29 is 37.5 Å². The summed E-state index contributed by atoms with van der Waals surface area (Å²) in [4.78, 5) is 49.6. The molecule has 0 fully saturated rings. The third kappa shape index (κ3) is 6.75. The highest BCUT2D eigenvalue weighted by atomic mass is 35.5. The van der Waals surface area contributed by atoms with E-state index in [9.17, 15) is 32.3 Å². The molecule has 0 unspecified atom stereocenters. The fourth-order valence-corrected chi connectivity index (χ4v) is 5.07. The molecule has 2 aromatic rings. The molecule has 1 aliphatic rings. The molecule has 38 heavy (non-hydrogen) atoms. The van der Waals surface area contributed by atoms with Crippen LogP contribution >= 0.6 is 11.6 Å². The van der Waals surface area contributed by atoms with E-state index in [2.05, 4.69) is 10.6 Å². The number of hydrogen-bond donors (Lipinski definition) is 3. The molecule has 0 saturated heterocycles. The van der Waals surface area contributed by atoms with Gasteiger partial charge in [0.25, 0.3) is 17.6 Å². The second-order valence-electron chi connectivity index (χ2n) is 9.28. The van der Waals surface area contributed by atoms with Crippen LogP contribution in [0, 0.1) is 23.4 Å². The lowest BCUT2D eigenvalue weighted by atomic mass is 9.93. The van der Waals surface area contributed by atoms with Crippen molar-refractivity contribution in [2.45, 2.75) is 64.8 Å². The summed E-state index contributed by atoms with van der Waals surface area (Å²) in [6.45, 7) is 2.52. The number of aromatic nitrogens is 1. The molecule has 2 heterocycles. The van der Waals surface area contributed by atoms with Crippen LogP contribution in [0.3, 0.4) is 0 Å². The van der Waals surface area contributed by atoms with Crippen LogP contribution in [0.2, 0.25) is 5.02 Å². The number of carboxylic acids is 1. The molecule has 206 valence electrons. The van der Waals surface area contributed by atoms with Crippen LogP contribution in [0.5, 0.6) is 0 Å². The van der Waals surface area contributed by atoms with Crippen molar-refractivity contribution in [1.82, 2.24) is 9.88 Å². The zero-order valence-corrected chi connectivity index (χ0v) is 21.6. The number of ketones is 1. The largest absolute Gasteiger partial charge is 0.481 e. The maximum absolute atomic E-state index is 13.6. The smallest absolute Gasteiger partial charge is 0.303 e. The number of anilines is 1. The minimum Gasteiger partial charge on any atom is -0.481 e. The number of amides is 2. The number of carboxylic acid groups (broad SMARTS) is 1. The maximum Gasteiger partial charge on any atom is 0.303 e. The van der Waals surface area contributed by atoms with Crippen molar-refractivity contribution in [3.8, 4) is 0 Å². The number of nitrogens with one attached hydrogen (secondary N) is 2. The average molecular weight is 556 g/mol. The Bertz CT molecular complexity index is 1220. The van der Waals surface area contributed by atoms with Crippen LogP contribution in [0.15, 0.2) is 12.1 Å². The molecule has 0 radical (unpaired) electrons. The number of halogens is 4. The zero-order chi connectivity index (χ0) is 28.0. The Morgan fingerprint density at radius 1 is 1.11 bits per heavy atom. The van der Waals surface area contributed by atoms with Crippen LogP contribution in [0.1, 0.15) is 78.4 Å². The van der Waals surface area contributed by atoms with Gasteiger partial charge in [0.15, 0.2) is 17.5 Å². The lowest BCUT2D eigenvalue weighted by Crippen LogP contribution is -2.33. The number of aliphatic carboxylic acids is 1. The quantitative estimate of drug-likeness (QED) is 0.137. The van der Waals surface area contributed by atoms with E-state index in [1.165, 1.54) is 4.57 Å². The van der Waals surface area contributed by atoms with Crippen LogP contribution in [0.4, 0.5) is 18.9 Å². The zero-order valence-electron chi connectivity index (χ0n) is 20.8. The first kappa shape index (κ1) is 29.2. The van der Waals surface area contributed by atoms with E-state index in [0.29, 0.717) is 50.1 Å². The third-order valence-corrected chi connectivity index (χ3v) is 6.87. The number of Topliss-reactive ketones (excluding diaryl/α,β-unsaturated/α-hetero) is 1. The van der Waals surface area contributed by atoms with Crippen molar-refractivity contribution in [3.05, 3.63) is 51.6 Å². The molecule has 0 bridgehead atoms. The first-order valence-electron chi connectivity index (χ1n) is 12.5. The van der Waals surface area contributed by atoms with Gasteiger partial charge >= 0.3 is 5.97 Å². The number of fused-ring (bicyclic) bond motifs is 1. The number of unbranched alkanes of at least 4 members (excludes halogenated alkanes) is 1. The van der Waals surface area contributed by atoms with Crippen LogP contribution < -0.4 is 10.6 Å². The average Bonchev–Trinajstić information content (AvgIpc) is 3.41. The van der Waals surface area contributed by atoms with Gasteiger partial charge in [-0.3, -0.25) is 19.2 Å². The highest BCUT2D eigenvalue weighted by Crippen LogP contribution is 2.34. The summed E-state index contributed by atoms with van der Waals surface area (Å²) in [5, 5.41) is 13.6. The normalized spacial score (nSPS) is 13.2. The Morgan fingerprint density at radius 2 is 1.76 bits per heavy atom. The number of carbonyl (C=O) groups is 4. The first-order valence-corrected chi connectivity index (χ1v) is 12.8. The minimum absolute atomic E-state index is 0.0208. The molecule has 0 spiro atoms. The molecule has 0 saturated carbocycles. The Kier molecular flexibility index (Phi) is 9.96.